The van der Waals surface area contributed by atoms with Crippen molar-refractivity contribution in [1.29, 1.82) is 0 Å². The predicted molar refractivity (Wildman–Crippen MR) is 84.3 cm³/mol. The van der Waals surface area contributed by atoms with Crippen molar-refractivity contribution in [2.24, 2.45) is 0 Å². The Hall–Kier alpha value is -1.79. The van der Waals surface area contributed by atoms with Gasteiger partial charge in [0.05, 0.1) is 14.2 Å². The van der Waals surface area contributed by atoms with Crippen LogP contribution in [0, 0.1) is 0 Å². The van der Waals surface area contributed by atoms with Crippen LogP contribution in [-0.4, -0.2) is 26.3 Å². The van der Waals surface area contributed by atoms with Crippen LogP contribution in [0.25, 0.3) is 0 Å². The third-order valence-corrected chi connectivity index (χ3v) is 3.27. The summed E-state index contributed by atoms with van der Waals surface area (Å²) in [6, 6.07) is 7.43. The minimum Gasteiger partial charge on any atom is -0.493 e. The predicted octanol–water partition coefficient (Wildman–Crippen LogP) is 3.37. The van der Waals surface area contributed by atoms with Gasteiger partial charge in [-0.05, 0) is 41.2 Å². The average Bonchev–Trinajstić information content (AvgIpc) is 2.50. The number of nitrogens with one attached hydrogen (secondary N) is 1. The topological polar surface area (TPSA) is 52.6 Å². The molecule has 1 aromatic carbocycles. The van der Waals surface area contributed by atoms with Gasteiger partial charge in [0.15, 0.2) is 11.5 Å². The SMILES string of the molecule is CNCc1cc(Br)cnc1Oc1c(OC)cccc1OC. The number of methoxy groups -OCH3 is 2. The number of rotatable bonds is 6. The number of benzene rings is 1. The molecule has 5 nitrogen and oxygen atoms in total. The summed E-state index contributed by atoms with van der Waals surface area (Å²) in [6.45, 7) is 0.638. The Morgan fingerprint density at radius 3 is 2.43 bits per heavy atom. The summed E-state index contributed by atoms with van der Waals surface area (Å²) in [6.07, 6.45) is 1.69. The Labute approximate surface area is 132 Å². The van der Waals surface area contributed by atoms with E-state index in [0.29, 0.717) is 29.7 Å². The molecule has 2 rings (SSSR count). The number of pyridine rings is 1. The Balaban J connectivity index is 2.42. The lowest BCUT2D eigenvalue weighted by Gasteiger charge is -2.15. The molecule has 1 N–H and O–H groups in total. The second kappa shape index (κ2) is 7.28. The van der Waals surface area contributed by atoms with Gasteiger partial charge in [-0.3, -0.25) is 0 Å². The number of hydrogen-bond donors (Lipinski definition) is 1. The van der Waals surface area contributed by atoms with Crippen molar-refractivity contribution < 1.29 is 14.2 Å². The average molecular weight is 353 g/mol. The lowest BCUT2D eigenvalue weighted by atomic mass is 10.2. The van der Waals surface area contributed by atoms with Crippen molar-refractivity contribution in [2.75, 3.05) is 21.3 Å². The monoisotopic (exact) mass is 352 g/mol. The maximum absolute atomic E-state index is 5.94. The Morgan fingerprint density at radius 2 is 1.86 bits per heavy atom. The molecule has 0 unspecified atom stereocenters. The van der Waals surface area contributed by atoms with E-state index in [0.717, 1.165) is 10.0 Å². The Bertz CT molecular complexity index is 598. The van der Waals surface area contributed by atoms with Crippen molar-refractivity contribution in [3.05, 3.63) is 40.5 Å². The fourth-order valence-electron chi connectivity index (χ4n) is 1.89. The smallest absolute Gasteiger partial charge is 0.224 e. The first kappa shape index (κ1) is 15.6. The van der Waals surface area contributed by atoms with Crippen LogP contribution >= 0.6 is 15.9 Å². The van der Waals surface area contributed by atoms with Crippen LogP contribution in [-0.2, 0) is 6.54 Å². The van der Waals surface area contributed by atoms with E-state index in [9.17, 15) is 0 Å². The van der Waals surface area contributed by atoms with Crippen LogP contribution in [0.5, 0.6) is 23.1 Å². The molecule has 0 fully saturated rings. The van der Waals surface area contributed by atoms with Gasteiger partial charge in [-0.1, -0.05) is 6.07 Å². The standard InChI is InChI=1S/C15H17BrN2O3/c1-17-8-10-7-11(16)9-18-15(10)21-14-12(19-2)5-4-6-13(14)20-3/h4-7,9,17H,8H2,1-3H3. The maximum atomic E-state index is 5.94. The summed E-state index contributed by atoms with van der Waals surface area (Å²) < 4.78 is 17.5. The normalized spacial score (nSPS) is 10.3. The molecule has 0 radical (unpaired) electrons. The molecule has 0 saturated heterocycles. The van der Waals surface area contributed by atoms with Crippen LogP contribution in [0.15, 0.2) is 34.9 Å². The largest absolute Gasteiger partial charge is 0.493 e. The van der Waals surface area contributed by atoms with Gasteiger partial charge in [-0.15, -0.1) is 0 Å². The van der Waals surface area contributed by atoms with Gasteiger partial charge >= 0.3 is 0 Å². The van der Waals surface area contributed by atoms with E-state index in [1.807, 2.05) is 31.3 Å². The first-order valence-electron chi connectivity index (χ1n) is 6.37. The van der Waals surface area contributed by atoms with Crippen LogP contribution < -0.4 is 19.5 Å². The summed E-state index contributed by atoms with van der Waals surface area (Å²) in [4.78, 5) is 4.32. The van der Waals surface area contributed by atoms with Gasteiger partial charge in [0, 0.05) is 22.8 Å². The fraction of sp³-hybridized carbons (Fsp3) is 0.267. The second-order valence-electron chi connectivity index (χ2n) is 4.24. The molecule has 0 atom stereocenters. The molecular formula is C15H17BrN2O3. The highest BCUT2D eigenvalue weighted by molar-refractivity contribution is 9.10. The second-order valence-corrected chi connectivity index (χ2v) is 5.16. The van der Waals surface area contributed by atoms with E-state index in [2.05, 4.69) is 26.2 Å². The van der Waals surface area contributed by atoms with Crippen LogP contribution in [0.2, 0.25) is 0 Å². The zero-order chi connectivity index (χ0) is 15.2. The van der Waals surface area contributed by atoms with Crippen molar-refractivity contribution in [2.45, 2.75) is 6.54 Å². The summed E-state index contributed by atoms with van der Waals surface area (Å²) >= 11 is 3.41. The van der Waals surface area contributed by atoms with Crippen LogP contribution in [0.4, 0.5) is 0 Å². The molecule has 1 heterocycles. The molecule has 0 aliphatic carbocycles. The summed E-state index contributed by atoms with van der Waals surface area (Å²) in [5.74, 6) is 2.20. The summed E-state index contributed by atoms with van der Waals surface area (Å²) in [7, 11) is 5.05. The molecular weight excluding hydrogens is 336 g/mol. The van der Waals surface area contributed by atoms with Crippen molar-refractivity contribution >= 4 is 15.9 Å². The van der Waals surface area contributed by atoms with Gasteiger partial charge in [-0.25, -0.2) is 4.98 Å². The molecule has 0 aliphatic heterocycles. The molecule has 0 aliphatic rings. The van der Waals surface area contributed by atoms with E-state index in [1.54, 1.807) is 20.4 Å². The minimum atomic E-state index is 0.509. The zero-order valence-corrected chi connectivity index (χ0v) is 13.7. The minimum absolute atomic E-state index is 0.509. The first-order valence-corrected chi connectivity index (χ1v) is 7.16. The lowest BCUT2D eigenvalue weighted by Crippen LogP contribution is -2.07. The molecule has 0 bridgehead atoms. The van der Waals surface area contributed by atoms with E-state index < -0.39 is 0 Å². The molecule has 21 heavy (non-hydrogen) atoms. The van der Waals surface area contributed by atoms with E-state index >= 15 is 0 Å². The van der Waals surface area contributed by atoms with Crippen molar-refractivity contribution in [1.82, 2.24) is 10.3 Å². The number of halogens is 1. The lowest BCUT2D eigenvalue weighted by molar-refractivity contribution is 0.340. The highest BCUT2D eigenvalue weighted by Crippen LogP contribution is 2.40. The van der Waals surface area contributed by atoms with Crippen LogP contribution in [0.3, 0.4) is 0 Å². The number of ether oxygens (including phenoxy) is 3. The van der Waals surface area contributed by atoms with E-state index in [-0.39, 0.29) is 0 Å². The number of hydrogen-bond acceptors (Lipinski definition) is 5. The third kappa shape index (κ3) is 3.65. The van der Waals surface area contributed by atoms with Crippen LogP contribution in [0.1, 0.15) is 5.56 Å². The quantitative estimate of drug-likeness (QED) is 0.863. The van der Waals surface area contributed by atoms with Gasteiger partial charge in [0.1, 0.15) is 0 Å². The van der Waals surface area contributed by atoms with Crippen molar-refractivity contribution in [3.63, 3.8) is 0 Å². The molecule has 0 saturated carbocycles. The molecule has 0 spiro atoms. The zero-order valence-electron chi connectivity index (χ0n) is 12.1. The molecule has 112 valence electrons. The Kier molecular flexibility index (Phi) is 5.41. The van der Waals surface area contributed by atoms with Gasteiger partial charge in [0.25, 0.3) is 0 Å². The molecule has 1 aromatic heterocycles. The number of para-hydroxylation sites is 1. The summed E-state index contributed by atoms with van der Waals surface area (Å²) in [5, 5.41) is 3.09. The van der Waals surface area contributed by atoms with E-state index in [4.69, 9.17) is 14.2 Å². The fourth-order valence-corrected chi connectivity index (χ4v) is 2.27. The number of nitrogens with zero attached hydrogens (tertiary/aromatic N) is 1. The first-order chi connectivity index (χ1) is 10.2. The molecule has 0 amide bonds. The maximum Gasteiger partial charge on any atom is 0.224 e. The van der Waals surface area contributed by atoms with Crippen molar-refractivity contribution in [3.8, 4) is 23.1 Å². The van der Waals surface area contributed by atoms with Gasteiger partial charge in [0.2, 0.25) is 11.6 Å². The van der Waals surface area contributed by atoms with Gasteiger partial charge in [-0.2, -0.15) is 0 Å². The molecule has 6 heteroatoms. The number of aromatic nitrogens is 1. The van der Waals surface area contributed by atoms with Gasteiger partial charge < -0.3 is 19.5 Å². The van der Waals surface area contributed by atoms with E-state index in [1.165, 1.54) is 0 Å². The summed E-state index contributed by atoms with van der Waals surface area (Å²) in [5.41, 5.74) is 0.930. The highest BCUT2D eigenvalue weighted by atomic mass is 79.9. The highest BCUT2D eigenvalue weighted by Gasteiger charge is 2.15. The third-order valence-electron chi connectivity index (χ3n) is 2.84. The Morgan fingerprint density at radius 1 is 1.19 bits per heavy atom. The molecule has 2 aromatic rings.